The Labute approximate surface area is 156 Å². The van der Waals surface area contributed by atoms with E-state index >= 15 is 0 Å². The fraction of sp³-hybridized carbons (Fsp3) is 0.263. The molecule has 0 saturated carbocycles. The molecule has 130 valence electrons. The number of anilines is 2. The predicted octanol–water partition coefficient (Wildman–Crippen LogP) is 4.60. The smallest absolute Gasteiger partial charge is 0.229 e. The van der Waals surface area contributed by atoms with Gasteiger partial charge < -0.3 is 10.2 Å². The second-order valence-corrected chi connectivity index (χ2v) is 7.16. The van der Waals surface area contributed by atoms with Gasteiger partial charge in [-0.1, -0.05) is 35.3 Å². The molecule has 1 N–H and O–H groups in total. The van der Waals surface area contributed by atoms with Crippen LogP contribution in [-0.2, 0) is 9.59 Å². The van der Waals surface area contributed by atoms with Gasteiger partial charge in [0, 0.05) is 23.7 Å². The molecular weight excluding hydrogens is 359 g/mol. The minimum Gasteiger partial charge on any atom is -0.326 e. The van der Waals surface area contributed by atoms with Crippen LogP contribution < -0.4 is 10.2 Å². The number of carbonyl (C=O) groups excluding carboxylic acids is 2. The van der Waals surface area contributed by atoms with Crippen LogP contribution in [-0.4, -0.2) is 18.4 Å². The molecule has 3 rings (SSSR count). The third-order valence-corrected chi connectivity index (χ3v) is 4.78. The second kappa shape index (κ2) is 7.06. The van der Waals surface area contributed by atoms with Crippen molar-refractivity contribution in [2.45, 2.75) is 20.3 Å². The highest BCUT2D eigenvalue weighted by molar-refractivity contribution is 6.34. The maximum Gasteiger partial charge on any atom is 0.229 e. The van der Waals surface area contributed by atoms with Crippen LogP contribution in [0.5, 0.6) is 0 Å². The fourth-order valence-electron chi connectivity index (χ4n) is 3.16. The van der Waals surface area contributed by atoms with Crippen molar-refractivity contribution in [2.24, 2.45) is 5.92 Å². The maximum atomic E-state index is 12.5. The Bertz CT molecular complexity index is 828. The second-order valence-electron chi connectivity index (χ2n) is 6.32. The number of rotatable bonds is 3. The maximum absolute atomic E-state index is 12.5. The minimum absolute atomic E-state index is 0.0971. The Morgan fingerprint density at radius 1 is 1.20 bits per heavy atom. The third kappa shape index (κ3) is 3.80. The van der Waals surface area contributed by atoms with Gasteiger partial charge in [-0.05, 0) is 49.2 Å². The number of benzene rings is 2. The zero-order valence-electron chi connectivity index (χ0n) is 14.0. The van der Waals surface area contributed by atoms with Crippen LogP contribution in [0, 0.1) is 19.8 Å². The van der Waals surface area contributed by atoms with Crippen LogP contribution in [0.1, 0.15) is 17.5 Å². The molecule has 4 nitrogen and oxygen atoms in total. The standard InChI is InChI=1S/C19H18Cl2N2O2/c1-11-6-12(2)18(16(21)7-11)23-10-13(8-17(23)24)19(25)22-15-5-3-4-14(20)9-15/h3-7,9,13H,8,10H2,1-2H3,(H,22,25). The van der Waals surface area contributed by atoms with Crippen LogP contribution in [0.25, 0.3) is 0 Å². The fourth-order valence-corrected chi connectivity index (χ4v) is 3.77. The van der Waals surface area contributed by atoms with Crippen LogP contribution in [0.2, 0.25) is 10.0 Å². The lowest BCUT2D eigenvalue weighted by molar-refractivity contribution is -0.122. The molecule has 1 heterocycles. The van der Waals surface area contributed by atoms with Crippen molar-refractivity contribution in [3.63, 3.8) is 0 Å². The molecule has 0 bridgehead atoms. The minimum atomic E-state index is -0.428. The Morgan fingerprint density at radius 2 is 1.96 bits per heavy atom. The zero-order valence-corrected chi connectivity index (χ0v) is 15.5. The van der Waals surface area contributed by atoms with E-state index in [4.69, 9.17) is 23.2 Å². The van der Waals surface area contributed by atoms with Gasteiger partial charge in [-0.2, -0.15) is 0 Å². The van der Waals surface area contributed by atoms with Crippen LogP contribution in [0.15, 0.2) is 36.4 Å². The van der Waals surface area contributed by atoms with Crippen LogP contribution in [0.3, 0.4) is 0 Å². The number of carbonyl (C=O) groups is 2. The molecule has 1 aliphatic rings. The van der Waals surface area contributed by atoms with Gasteiger partial charge in [0.2, 0.25) is 11.8 Å². The molecule has 1 unspecified atom stereocenters. The van der Waals surface area contributed by atoms with E-state index in [-0.39, 0.29) is 18.2 Å². The monoisotopic (exact) mass is 376 g/mol. The number of nitrogens with one attached hydrogen (secondary N) is 1. The first-order valence-electron chi connectivity index (χ1n) is 7.98. The topological polar surface area (TPSA) is 49.4 Å². The Balaban J connectivity index is 1.77. The summed E-state index contributed by atoms with van der Waals surface area (Å²) in [6.45, 7) is 4.19. The lowest BCUT2D eigenvalue weighted by Gasteiger charge is -2.21. The molecule has 1 aliphatic heterocycles. The average molecular weight is 377 g/mol. The average Bonchev–Trinajstić information content (AvgIpc) is 2.88. The van der Waals surface area contributed by atoms with Crippen molar-refractivity contribution < 1.29 is 9.59 Å². The molecule has 2 amide bonds. The van der Waals surface area contributed by atoms with E-state index in [1.165, 1.54) is 0 Å². The van der Waals surface area contributed by atoms with Gasteiger partial charge in [0.1, 0.15) is 0 Å². The van der Waals surface area contributed by atoms with Crippen molar-refractivity contribution in [3.05, 3.63) is 57.6 Å². The summed E-state index contributed by atoms with van der Waals surface area (Å²) in [5.74, 6) is -0.720. The predicted molar refractivity (Wildman–Crippen MR) is 101 cm³/mol. The van der Waals surface area contributed by atoms with Crippen molar-refractivity contribution in [2.75, 3.05) is 16.8 Å². The number of amides is 2. The lowest BCUT2D eigenvalue weighted by atomic mass is 10.1. The Morgan fingerprint density at radius 3 is 2.64 bits per heavy atom. The highest BCUT2D eigenvalue weighted by Gasteiger charge is 2.36. The van der Waals surface area contributed by atoms with Crippen molar-refractivity contribution in [3.8, 4) is 0 Å². The molecule has 1 saturated heterocycles. The first-order chi connectivity index (χ1) is 11.8. The summed E-state index contributed by atoms with van der Waals surface area (Å²) in [7, 11) is 0. The highest BCUT2D eigenvalue weighted by atomic mass is 35.5. The third-order valence-electron chi connectivity index (χ3n) is 4.26. The number of hydrogen-bond donors (Lipinski definition) is 1. The number of hydrogen-bond acceptors (Lipinski definition) is 2. The van der Waals surface area contributed by atoms with Crippen molar-refractivity contribution in [1.29, 1.82) is 0 Å². The van der Waals surface area contributed by atoms with E-state index in [0.29, 0.717) is 28.0 Å². The molecule has 6 heteroatoms. The van der Waals surface area contributed by atoms with Crippen molar-refractivity contribution >= 4 is 46.4 Å². The van der Waals surface area contributed by atoms with Gasteiger partial charge in [-0.15, -0.1) is 0 Å². The highest BCUT2D eigenvalue weighted by Crippen LogP contribution is 2.35. The molecule has 2 aromatic rings. The number of aryl methyl sites for hydroxylation is 2. The Kier molecular flexibility index (Phi) is 5.02. The quantitative estimate of drug-likeness (QED) is 0.850. The first-order valence-corrected chi connectivity index (χ1v) is 8.74. The van der Waals surface area contributed by atoms with E-state index in [9.17, 15) is 9.59 Å². The van der Waals surface area contributed by atoms with E-state index in [2.05, 4.69) is 5.32 Å². The summed E-state index contributed by atoms with van der Waals surface area (Å²) >= 11 is 12.3. The number of nitrogens with zero attached hydrogens (tertiary/aromatic N) is 1. The number of halogens is 2. The molecule has 0 aliphatic carbocycles. The molecule has 1 atom stereocenters. The summed E-state index contributed by atoms with van der Waals surface area (Å²) in [5.41, 5.74) is 3.27. The molecule has 1 fully saturated rings. The summed E-state index contributed by atoms with van der Waals surface area (Å²) in [5, 5.41) is 3.90. The zero-order chi connectivity index (χ0) is 18.1. The van der Waals surface area contributed by atoms with E-state index < -0.39 is 5.92 Å². The summed E-state index contributed by atoms with van der Waals surface area (Å²) in [6, 6.07) is 10.7. The van der Waals surface area contributed by atoms with Crippen LogP contribution >= 0.6 is 23.2 Å². The van der Waals surface area contributed by atoms with Gasteiger partial charge in [0.05, 0.1) is 16.6 Å². The largest absolute Gasteiger partial charge is 0.326 e. The molecule has 25 heavy (non-hydrogen) atoms. The molecule has 0 aromatic heterocycles. The lowest BCUT2D eigenvalue weighted by Crippen LogP contribution is -2.28. The van der Waals surface area contributed by atoms with Crippen LogP contribution in [0.4, 0.5) is 11.4 Å². The summed E-state index contributed by atoms with van der Waals surface area (Å²) < 4.78 is 0. The van der Waals surface area contributed by atoms with Gasteiger partial charge in [0.15, 0.2) is 0 Å². The molecule has 0 spiro atoms. The van der Waals surface area contributed by atoms with E-state index in [0.717, 1.165) is 11.1 Å². The SMILES string of the molecule is Cc1cc(C)c(N2CC(C(=O)Nc3cccc(Cl)c3)CC2=O)c(Cl)c1. The molecular formula is C19H18Cl2N2O2. The molecule has 0 radical (unpaired) electrons. The summed E-state index contributed by atoms with van der Waals surface area (Å²) in [4.78, 5) is 26.6. The van der Waals surface area contributed by atoms with E-state index in [1.807, 2.05) is 26.0 Å². The Hall–Kier alpha value is -2.04. The van der Waals surface area contributed by atoms with Gasteiger partial charge in [0.25, 0.3) is 0 Å². The van der Waals surface area contributed by atoms with Gasteiger partial charge in [-0.25, -0.2) is 0 Å². The molecule has 2 aromatic carbocycles. The summed E-state index contributed by atoms with van der Waals surface area (Å²) in [6.07, 6.45) is 0.163. The van der Waals surface area contributed by atoms with Gasteiger partial charge in [-0.3, -0.25) is 9.59 Å². The first kappa shape index (κ1) is 17.8. The van der Waals surface area contributed by atoms with Gasteiger partial charge >= 0.3 is 0 Å². The normalized spacial score (nSPS) is 17.0. The van der Waals surface area contributed by atoms with Crippen molar-refractivity contribution in [1.82, 2.24) is 0 Å². The van der Waals surface area contributed by atoms with E-state index in [1.54, 1.807) is 29.2 Å².